The van der Waals surface area contributed by atoms with Gasteiger partial charge < -0.3 is 8.98 Å². The van der Waals surface area contributed by atoms with Crippen LogP contribution in [0.5, 0.6) is 0 Å². The number of aromatic nitrogens is 5. The van der Waals surface area contributed by atoms with Crippen molar-refractivity contribution in [3.8, 4) is 51.0 Å². The molecule has 7 aromatic carbocycles. The standard InChI is InChI=1S/C48H29N5O/c1-2-9-30(10-3-1)31-17-18-33-26-35(20-19-32(33)25-31)47-50-46(51-48(52-47)36-21-22-40-41-29-49-24-23-44(41)54-45(40)28-36)34-11-8-12-37(27-34)53-42-15-6-4-13-38(42)39-14-5-7-16-43(39)53/h1-29H. The molecule has 0 amide bonds. The van der Waals surface area contributed by atoms with Crippen molar-refractivity contribution < 1.29 is 4.42 Å². The highest BCUT2D eigenvalue weighted by molar-refractivity contribution is 6.09. The second-order valence-electron chi connectivity index (χ2n) is 13.6. The van der Waals surface area contributed by atoms with Crippen LogP contribution >= 0.6 is 0 Å². The fourth-order valence-electron chi connectivity index (χ4n) is 7.70. The van der Waals surface area contributed by atoms with Crippen molar-refractivity contribution in [2.75, 3.05) is 0 Å². The highest BCUT2D eigenvalue weighted by atomic mass is 16.3. The Balaban J connectivity index is 1.08. The van der Waals surface area contributed by atoms with Crippen LogP contribution in [-0.2, 0) is 0 Å². The molecule has 6 nitrogen and oxygen atoms in total. The Bertz CT molecular complexity index is 3180. The van der Waals surface area contributed by atoms with Crippen molar-refractivity contribution in [1.29, 1.82) is 0 Å². The van der Waals surface area contributed by atoms with Gasteiger partial charge in [0.2, 0.25) is 0 Å². The van der Waals surface area contributed by atoms with E-state index < -0.39 is 0 Å². The summed E-state index contributed by atoms with van der Waals surface area (Å²) in [6.45, 7) is 0. The van der Waals surface area contributed by atoms with Gasteiger partial charge >= 0.3 is 0 Å². The molecule has 0 aliphatic rings. The molecule has 4 aromatic heterocycles. The Morgan fingerprint density at radius 3 is 1.72 bits per heavy atom. The minimum Gasteiger partial charge on any atom is -0.456 e. The van der Waals surface area contributed by atoms with Crippen molar-refractivity contribution in [2.45, 2.75) is 0 Å². The number of benzene rings is 7. The van der Waals surface area contributed by atoms with Crippen LogP contribution < -0.4 is 0 Å². The summed E-state index contributed by atoms with van der Waals surface area (Å²) in [6, 6.07) is 57.0. The number of furan rings is 1. The third-order valence-electron chi connectivity index (χ3n) is 10.3. The van der Waals surface area contributed by atoms with Crippen LogP contribution in [0.15, 0.2) is 181 Å². The second-order valence-corrected chi connectivity index (χ2v) is 13.6. The molecule has 0 aliphatic heterocycles. The highest BCUT2D eigenvalue weighted by Crippen LogP contribution is 2.35. The second kappa shape index (κ2) is 12.1. The van der Waals surface area contributed by atoms with Crippen LogP contribution in [0.4, 0.5) is 0 Å². The van der Waals surface area contributed by atoms with Crippen LogP contribution in [0.2, 0.25) is 0 Å². The van der Waals surface area contributed by atoms with E-state index in [9.17, 15) is 0 Å². The van der Waals surface area contributed by atoms with E-state index in [1.54, 1.807) is 6.20 Å². The molecule has 0 bridgehead atoms. The van der Waals surface area contributed by atoms with E-state index in [2.05, 4.69) is 149 Å². The average Bonchev–Trinajstić information content (AvgIpc) is 3.79. The molecule has 0 unspecified atom stereocenters. The van der Waals surface area contributed by atoms with E-state index in [1.165, 1.54) is 21.9 Å². The highest BCUT2D eigenvalue weighted by Gasteiger charge is 2.17. The summed E-state index contributed by atoms with van der Waals surface area (Å²) in [7, 11) is 0. The van der Waals surface area contributed by atoms with E-state index >= 15 is 0 Å². The molecule has 252 valence electrons. The normalized spacial score (nSPS) is 11.7. The summed E-state index contributed by atoms with van der Waals surface area (Å²) in [5.41, 5.74) is 9.89. The third kappa shape index (κ3) is 4.96. The van der Waals surface area contributed by atoms with Crippen molar-refractivity contribution in [3.05, 3.63) is 176 Å². The molecule has 54 heavy (non-hydrogen) atoms. The van der Waals surface area contributed by atoms with Gasteiger partial charge in [-0.25, -0.2) is 15.0 Å². The molecular formula is C48H29N5O. The lowest BCUT2D eigenvalue weighted by Gasteiger charge is -2.12. The first-order valence-electron chi connectivity index (χ1n) is 17.9. The summed E-state index contributed by atoms with van der Waals surface area (Å²) in [6.07, 6.45) is 3.59. The number of hydrogen-bond acceptors (Lipinski definition) is 5. The van der Waals surface area contributed by atoms with Gasteiger partial charge in [0.15, 0.2) is 17.5 Å². The first kappa shape index (κ1) is 30.2. The fraction of sp³-hybridized carbons (Fsp3) is 0. The average molecular weight is 692 g/mol. The summed E-state index contributed by atoms with van der Waals surface area (Å²) in [5.74, 6) is 1.75. The molecule has 0 radical (unpaired) electrons. The van der Waals surface area contributed by atoms with Gasteiger partial charge in [0, 0.05) is 56.3 Å². The largest absolute Gasteiger partial charge is 0.456 e. The molecule has 0 N–H and O–H groups in total. The quantitative estimate of drug-likeness (QED) is 0.180. The minimum absolute atomic E-state index is 0.567. The van der Waals surface area contributed by atoms with E-state index in [1.807, 2.05) is 30.5 Å². The van der Waals surface area contributed by atoms with Crippen molar-refractivity contribution in [3.63, 3.8) is 0 Å². The van der Waals surface area contributed by atoms with Gasteiger partial charge in [0.25, 0.3) is 0 Å². The summed E-state index contributed by atoms with van der Waals surface area (Å²) in [5, 5.41) is 6.67. The van der Waals surface area contributed by atoms with Gasteiger partial charge in [-0.3, -0.25) is 4.98 Å². The van der Waals surface area contributed by atoms with E-state index in [-0.39, 0.29) is 0 Å². The van der Waals surface area contributed by atoms with Gasteiger partial charge in [-0.2, -0.15) is 0 Å². The van der Waals surface area contributed by atoms with Crippen LogP contribution in [0, 0.1) is 0 Å². The Kier molecular flexibility index (Phi) is 6.75. The summed E-state index contributed by atoms with van der Waals surface area (Å²) < 4.78 is 8.56. The first-order valence-corrected chi connectivity index (χ1v) is 17.9. The van der Waals surface area contributed by atoms with E-state index in [0.717, 1.165) is 66.1 Å². The molecular weight excluding hydrogens is 663 g/mol. The Morgan fingerprint density at radius 1 is 0.389 bits per heavy atom. The first-order chi connectivity index (χ1) is 26.7. The summed E-state index contributed by atoms with van der Waals surface area (Å²) >= 11 is 0. The predicted octanol–water partition coefficient (Wildman–Crippen LogP) is 12.1. The molecule has 4 heterocycles. The number of pyridine rings is 1. The number of nitrogens with zero attached hydrogens (tertiary/aromatic N) is 5. The zero-order valence-electron chi connectivity index (χ0n) is 28.9. The predicted molar refractivity (Wildman–Crippen MR) is 218 cm³/mol. The van der Waals surface area contributed by atoms with Crippen LogP contribution in [-0.4, -0.2) is 24.5 Å². The lowest BCUT2D eigenvalue weighted by Crippen LogP contribution is -2.01. The fourth-order valence-corrected chi connectivity index (χ4v) is 7.70. The molecule has 0 atom stereocenters. The van der Waals surface area contributed by atoms with Gasteiger partial charge in [0.05, 0.1) is 11.0 Å². The Labute approximate surface area is 309 Å². The number of hydrogen-bond donors (Lipinski definition) is 0. The molecule has 0 saturated carbocycles. The monoisotopic (exact) mass is 691 g/mol. The Hall–Kier alpha value is -7.44. The molecule has 0 saturated heterocycles. The van der Waals surface area contributed by atoms with Gasteiger partial charge in [-0.1, -0.05) is 109 Å². The van der Waals surface area contributed by atoms with Crippen molar-refractivity contribution in [2.24, 2.45) is 0 Å². The van der Waals surface area contributed by atoms with Crippen molar-refractivity contribution >= 4 is 54.5 Å². The maximum atomic E-state index is 6.25. The van der Waals surface area contributed by atoms with Crippen LogP contribution in [0.1, 0.15) is 0 Å². The number of rotatable bonds is 5. The molecule has 6 heteroatoms. The Morgan fingerprint density at radius 2 is 0.981 bits per heavy atom. The van der Waals surface area contributed by atoms with E-state index in [0.29, 0.717) is 17.5 Å². The van der Waals surface area contributed by atoms with E-state index in [4.69, 9.17) is 19.4 Å². The number of fused-ring (bicyclic) bond motifs is 7. The zero-order chi connectivity index (χ0) is 35.6. The summed E-state index contributed by atoms with van der Waals surface area (Å²) in [4.78, 5) is 19.7. The van der Waals surface area contributed by atoms with Crippen LogP contribution in [0.3, 0.4) is 0 Å². The van der Waals surface area contributed by atoms with Gasteiger partial charge in [0.1, 0.15) is 11.2 Å². The maximum absolute atomic E-state index is 6.25. The molecule has 11 aromatic rings. The lowest BCUT2D eigenvalue weighted by molar-refractivity contribution is 0.668. The van der Waals surface area contributed by atoms with Crippen LogP contribution in [0.25, 0.3) is 105 Å². The van der Waals surface area contributed by atoms with Crippen molar-refractivity contribution in [1.82, 2.24) is 24.5 Å². The number of para-hydroxylation sites is 2. The lowest BCUT2D eigenvalue weighted by atomic mass is 10.00. The molecule has 0 aliphatic carbocycles. The van der Waals surface area contributed by atoms with Gasteiger partial charge in [-0.05, 0) is 76.5 Å². The topological polar surface area (TPSA) is 69.6 Å². The third-order valence-corrected chi connectivity index (χ3v) is 10.3. The molecule has 0 spiro atoms. The maximum Gasteiger partial charge on any atom is 0.164 e. The molecule has 11 rings (SSSR count). The van der Waals surface area contributed by atoms with Gasteiger partial charge in [-0.15, -0.1) is 0 Å². The zero-order valence-corrected chi connectivity index (χ0v) is 28.9. The SMILES string of the molecule is c1ccc(-c2ccc3cc(-c4nc(-c5cccc(-n6c7ccccc7c7ccccc76)c5)nc(-c5ccc6c(c5)oc5ccncc56)n4)ccc3c2)cc1. The smallest absolute Gasteiger partial charge is 0.164 e. The minimum atomic E-state index is 0.567. The molecule has 0 fully saturated rings.